The van der Waals surface area contributed by atoms with Crippen LogP contribution in [0, 0.1) is 0 Å². The Morgan fingerprint density at radius 2 is 2.50 bits per heavy atom. The molecule has 1 aliphatic rings. The Hall–Kier alpha value is -1.12. The number of hydrogen-bond acceptors (Lipinski definition) is 2. The summed E-state index contributed by atoms with van der Waals surface area (Å²) in [7, 11) is 0. The summed E-state index contributed by atoms with van der Waals surface area (Å²) >= 11 is 0. The molecule has 10 heavy (non-hydrogen) atoms. The molecule has 0 radical (unpaired) electrons. The first-order valence-electron chi connectivity index (χ1n) is 3.41. The number of fused-ring (bicyclic) bond motifs is 1. The summed E-state index contributed by atoms with van der Waals surface area (Å²) in [5, 5.41) is 7.75. The van der Waals surface area contributed by atoms with Crippen LogP contribution in [0.5, 0.6) is 0 Å². The molecule has 1 aromatic heterocycles. The first kappa shape index (κ1) is 5.65. The van der Waals surface area contributed by atoms with E-state index in [0.717, 1.165) is 18.8 Å². The summed E-state index contributed by atoms with van der Waals surface area (Å²) in [4.78, 5) is 0. The molecule has 52 valence electrons. The summed E-state index contributed by atoms with van der Waals surface area (Å²) in [6.07, 6.45) is 4.99. The number of nitrogens with zero attached hydrogens (tertiary/aromatic N) is 3. The van der Waals surface area contributed by atoms with Crippen LogP contribution in [0.15, 0.2) is 11.9 Å². The molecule has 0 spiro atoms. The Morgan fingerprint density at radius 3 is 3.40 bits per heavy atom. The molecule has 2 heterocycles. The van der Waals surface area contributed by atoms with E-state index in [0.29, 0.717) is 0 Å². The normalized spacial score (nSPS) is 16.3. The molecule has 0 amide bonds. The summed E-state index contributed by atoms with van der Waals surface area (Å²) in [5.41, 5.74) is 1.39. The van der Waals surface area contributed by atoms with Crippen LogP contribution in [0.2, 0.25) is 0 Å². The fourth-order valence-corrected chi connectivity index (χ4v) is 1.14. The van der Waals surface area contributed by atoms with Crippen LogP contribution in [0.3, 0.4) is 0 Å². The zero-order valence-corrected chi connectivity index (χ0v) is 5.91. The van der Waals surface area contributed by atoms with Gasteiger partial charge in [-0.2, -0.15) is 0 Å². The van der Waals surface area contributed by atoms with Crippen molar-refractivity contribution in [3.05, 3.63) is 17.7 Å². The topological polar surface area (TPSA) is 30.7 Å². The first-order chi connectivity index (χ1) is 4.86. The van der Waals surface area contributed by atoms with Gasteiger partial charge in [-0.15, -0.1) is 10.2 Å². The van der Waals surface area contributed by atoms with Crippen LogP contribution >= 0.6 is 0 Å². The highest BCUT2D eigenvalue weighted by Crippen LogP contribution is 2.14. The van der Waals surface area contributed by atoms with Crippen molar-refractivity contribution in [2.24, 2.45) is 0 Å². The van der Waals surface area contributed by atoms with Crippen LogP contribution in [0.25, 0.3) is 6.08 Å². The van der Waals surface area contributed by atoms with E-state index in [1.807, 2.05) is 0 Å². The fourth-order valence-electron chi connectivity index (χ4n) is 1.14. The van der Waals surface area contributed by atoms with Gasteiger partial charge in [0.2, 0.25) is 0 Å². The SMILES string of the molecule is CC1=Cc2nncn2CC1. The van der Waals surface area contributed by atoms with Gasteiger partial charge >= 0.3 is 0 Å². The number of allylic oxidation sites excluding steroid dienone is 1. The predicted molar refractivity (Wildman–Crippen MR) is 38.3 cm³/mol. The van der Waals surface area contributed by atoms with Gasteiger partial charge in [-0.3, -0.25) is 0 Å². The van der Waals surface area contributed by atoms with Gasteiger partial charge in [-0.25, -0.2) is 0 Å². The molecule has 0 saturated carbocycles. The average Bonchev–Trinajstić information content (AvgIpc) is 2.33. The van der Waals surface area contributed by atoms with Gasteiger partial charge in [0.25, 0.3) is 0 Å². The molecular weight excluding hydrogens is 126 g/mol. The second kappa shape index (κ2) is 1.94. The minimum absolute atomic E-state index is 0.990. The first-order valence-corrected chi connectivity index (χ1v) is 3.41. The third-order valence-corrected chi connectivity index (χ3v) is 1.77. The Kier molecular flexibility index (Phi) is 1.09. The molecule has 0 unspecified atom stereocenters. The number of rotatable bonds is 0. The van der Waals surface area contributed by atoms with Crippen molar-refractivity contribution in [2.75, 3.05) is 0 Å². The van der Waals surface area contributed by atoms with E-state index in [9.17, 15) is 0 Å². The highest BCUT2D eigenvalue weighted by atomic mass is 15.3. The molecule has 3 nitrogen and oxygen atoms in total. The summed E-state index contributed by atoms with van der Waals surface area (Å²) in [6.45, 7) is 3.16. The minimum atomic E-state index is 0.990. The molecule has 0 N–H and O–H groups in total. The lowest BCUT2D eigenvalue weighted by Gasteiger charge is -2.09. The largest absolute Gasteiger partial charge is 0.314 e. The van der Waals surface area contributed by atoms with Gasteiger partial charge in [0, 0.05) is 6.54 Å². The van der Waals surface area contributed by atoms with Crippen LogP contribution < -0.4 is 0 Å². The van der Waals surface area contributed by atoms with Gasteiger partial charge in [-0.1, -0.05) is 5.57 Å². The third kappa shape index (κ3) is 0.744. The molecule has 0 saturated heterocycles. The summed E-state index contributed by atoms with van der Waals surface area (Å²) in [5.74, 6) is 0.990. The molecule has 0 fully saturated rings. The van der Waals surface area contributed by atoms with Crippen molar-refractivity contribution in [3.8, 4) is 0 Å². The monoisotopic (exact) mass is 135 g/mol. The van der Waals surface area contributed by atoms with Gasteiger partial charge < -0.3 is 4.57 Å². The Balaban J connectivity index is 2.50. The van der Waals surface area contributed by atoms with Crippen molar-refractivity contribution in [1.29, 1.82) is 0 Å². The van der Waals surface area contributed by atoms with Gasteiger partial charge in [0.05, 0.1) is 0 Å². The fraction of sp³-hybridized carbons (Fsp3) is 0.429. The van der Waals surface area contributed by atoms with E-state index in [2.05, 4.69) is 27.8 Å². The van der Waals surface area contributed by atoms with E-state index in [1.54, 1.807) is 6.33 Å². The standard InChI is InChI=1S/C7H9N3/c1-6-2-3-10-5-8-9-7(10)4-6/h4-5H,2-3H2,1H3. The number of aromatic nitrogens is 3. The van der Waals surface area contributed by atoms with E-state index in [-0.39, 0.29) is 0 Å². The predicted octanol–water partition coefficient (Wildman–Crippen LogP) is 1.09. The third-order valence-electron chi connectivity index (χ3n) is 1.77. The van der Waals surface area contributed by atoms with Gasteiger partial charge in [0.15, 0.2) is 5.82 Å². The molecule has 0 aromatic carbocycles. The lowest BCUT2D eigenvalue weighted by molar-refractivity contribution is 0.668. The van der Waals surface area contributed by atoms with Crippen molar-refractivity contribution in [2.45, 2.75) is 19.9 Å². The van der Waals surface area contributed by atoms with Crippen LogP contribution in [-0.4, -0.2) is 14.8 Å². The molecule has 1 aromatic rings. The van der Waals surface area contributed by atoms with E-state index < -0.39 is 0 Å². The van der Waals surface area contributed by atoms with E-state index >= 15 is 0 Å². The highest BCUT2D eigenvalue weighted by Gasteiger charge is 2.06. The van der Waals surface area contributed by atoms with Gasteiger partial charge in [-0.05, 0) is 19.4 Å². The second-order valence-electron chi connectivity index (χ2n) is 2.62. The average molecular weight is 135 g/mol. The molecular formula is C7H9N3. The zero-order valence-electron chi connectivity index (χ0n) is 5.91. The molecule has 0 aliphatic carbocycles. The summed E-state index contributed by atoms with van der Waals surface area (Å²) < 4.78 is 2.06. The van der Waals surface area contributed by atoms with Crippen molar-refractivity contribution in [3.63, 3.8) is 0 Å². The Bertz CT molecular complexity index is 272. The van der Waals surface area contributed by atoms with E-state index in [1.165, 1.54) is 5.57 Å². The van der Waals surface area contributed by atoms with Crippen LogP contribution in [-0.2, 0) is 6.54 Å². The molecule has 3 heteroatoms. The van der Waals surface area contributed by atoms with Gasteiger partial charge in [0.1, 0.15) is 6.33 Å². The maximum absolute atomic E-state index is 3.94. The molecule has 0 atom stereocenters. The van der Waals surface area contributed by atoms with Crippen molar-refractivity contribution >= 4 is 6.08 Å². The molecule has 0 bridgehead atoms. The Morgan fingerprint density at radius 1 is 1.60 bits per heavy atom. The second-order valence-corrected chi connectivity index (χ2v) is 2.62. The minimum Gasteiger partial charge on any atom is -0.314 e. The molecule has 2 rings (SSSR count). The quantitative estimate of drug-likeness (QED) is 0.533. The zero-order chi connectivity index (χ0) is 6.97. The lowest BCUT2D eigenvalue weighted by atomic mass is 10.1. The highest BCUT2D eigenvalue weighted by molar-refractivity contribution is 5.45. The smallest absolute Gasteiger partial charge is 0.156 e. The van der Waals surface area contributed by atoms with Crippen LogP contribution in [0.4, 0.5) is 0 Å². The Labute approximate surface area is 59.4 Å². The van der Waals surface area contributed by atoms with Crippen LogP contribution in [0.1, 0.15) is 19.2 Å². The van der Waals surface area contributed by atoms with Crippen molar-refractivity contribution < 1.29 is 0 Å². The maximum Gasteiger partial charge on any atom is 0.156 e. The van der Waals surface area contributed by atoms with E-state index in [4.69, 9.17) is 0 Å². The number of aryl methyl sites for hydroxylation is 1. The van der Waals surface area contributed by atoms with Crippen molar-refractivity contribution in [1.82, 2.24) is 14.8 Å². The maximum atomic E-state index is 3.94. The molecule has 1 aliphatic heterocycles. The lowest BCUT2D eigenvalue weighted by Crippen LogP contribution is -2.04. The summed E-state index contributed by atoms with van der Waals surface area (Å²) in [6, 6.07) is 0. The number of hydrogen-bond donors (Lipinski definition) is 0.